The third-order valence-corrected chi connectivity index (χ3v) is 3.32. The quantitative estimate of drug-likeness (QED) is 0.508. The lowest BCUT2D eigenvalue weighted by molar-refractivity contribution is 0.530. The normalized spacial score (nSPS) is 49.7. The molecule has 0 aromatic heterocycles. The molecule has 0 aromatic rings. The van der Waals surface area contributed by atoms with Crippen molar-refractivity contribution in [3.63, 3.8) is 0 Å². The van der Waals surface area contributed by atoms with Gasteiger partial charge in [-0.15, -0.1) is 11.6 Å². The van der Waals surface area contributed by atoms with Crippen molar-refractivity contribution in [1.29, 1.82) is 0 Å². The van der Waals surface area contributed by atoms with Gasteiger partial charge in [0, 0.05) is 6.54 Å². The molecule has 9 heavy (non-hydrogen) atoms. The molecule has 1 aliphatic carbocycles. The Kier molecular flexibility index (Phi) is 1.24. The van der Waals surface area contributed by atoms with E-state index in [4.69, 9.17) is 11.6 Å². The van der Waals surface area contributed by atoms with Crippen LogP contribution in [0.2, 0.25) is 0 Å². The predicted molar refractivity (Wildman–Crippen MR) is 38.8 cm³/mol. The van der Waals surface area contributed by atoms with E-state index in [1.807, 2.05) is 0 Å². The van der Waals surface area contributed by atoms with E-state index in [2.05, 4.69) is 5.32 Å². The molecule has 2 heteroatoms. The number of alkyl halides is 1. The molecule has 0 spiro atoms. The number of hydrogen-bond acceptors (Lipinski definition) is 1. The van der Waals surface area contributed by atoms with Gasteiger partial charge in [0.25, 0.3) is 0 Å². The summed E-state index contributed by atoms with van der Waals surface area (Å²) in [5.74, 6) is 0.777. The van der Waals surface area contributed by atoms with Gasteiger partial charge in [-0.3, -0.25) is 0 Å². The number of nitrogens with one attached hydrogen (secondary N) is 1. The Bertz CT molecular complexity index is 114. The molecular weight excluding hydrogens is 134 g/mol. The maximum Gasteiger partial charge on any atom is 0.0610 e. The Morgan fingerprint density at radius 3 is 3.22 bits per heavy atom. The van der Waals surface area contributed by atoms with Crippen molar-refractivity contribution in [2.75, 3.05) is 13.1 Å². The number of hydrogen-bond donors (Lipinski definition) is 1. The summed E-state index contributed by atoms with van der Waals surface area (Å²) in [4.78, 5) is 0.167. The average molecular weight is 146 g/mol. The van der Waals surface area contributed by atoms with Gasteiger partial charge in [-0.05, 0) is 25.3 Å². The lowest BCUT2D eigenvalue weighted by Crippen LogP contribution is -2.25. The number of halogens is 1. The van der Waals surface area contributed by atoms with Gasteiger partial charge in [0.05, 0.1) is 4.87 Å². The highest BCUT2D eigenvalue weighted by Crippen LogP contribution is 2.42. The second-order valence-corrected chi connectivity index (χ2v) is 4.01. The molecule has 1 aliphatic heterocycles. The fourth-order valence-electron chi connectivity index (χ4n) is 2.08. The molecule has 52 valence electrons. The summed E-state index contributed by atoms with van der Waals surface area (Å²) in [6.07, 6.45) is 3.92. The lowest BCUT2D eigenvalue weighted by Gasteiger charge is -2.17. The Labute approximate surface area is 60.8 Å². The van der Waals surface area contributed by atoms with Gasteiger partial charge in [-0.25, -0.2) is 0 Å². The summed E-state index contributed by atoms with van der Waals surface area (Å²) in [5, 5.41) is 3.33. The summed E-state index contributed by atoms with van der Waals surface area (Å²) < 4.78 is 0. The van der Waals surface area contributed by atoms with E-state index in [9.17, 15) is 0 Å². The van der Waals surface area contributed by atoms with Crippen LogP contribution in [0.5, 0.6) is 0 Å². The van der Waals surface area contributed by atoms with Crippen LogP contribution in [-0.4, -0.2) is 18.0 Å². The molecule has 1 heterocycles. The maximum absolute atomic E-state index is 6.31. The van der Waals surface area contributed by atoms with E-state index in [-0.39, 0.29) is 4.87 Å². The van der Waals surface area contributed by atoms with E-state index in [0.29, 0.717) is 0 Å². The van der Waals surface area contributed by atoms with Crippen LogP contribution in [-0.2, 0) is 0 Å². The van der Waals surface area contributed by atoms with Gasteiger partial charge in [0.2, 0.25) is 0 Å². The van der Waals surface area contributed by atoms with Crippen molar-refractivity contribution in [3.8, 4) is 0 Å². The molecular formula is C7H12ClN. The van der Waals surface area contributed by atoms with Crippen molar-refractivity contribution in [2.24, 2.45) is 5.92 Å². The summed E-state index contributed by atoms with van der Waals surface area (Å²) in [7, 11) is 0. The SMILES string of the molecule is Cl[C@]12CCCC1CNC2. The van der Waals surface area contributed by atoms with Crippen molar-refractivity contribution < 1.29 is 0 Å². The zero-order chi connectivity index (χ0) is 6.32. The first-order valence-electron chi connectivity index (χ1n) is 3.71. The molecule has 0 aromatic carbocycles. The maximum atomic E-state index is 6.31. The summed E-state index contributed by atoms with van der Waals surface area (Å²) in [6.45, 7) is 2.20. The summed E-state index contributed by atoms with van der Waals surface area (Å²) in [5.41, 5.74) is 0. The van der Waals surface area contributed by atoms with Crippen LogP contribution in [0, 0.1) is 5.92 Å². The standard InChI is InChI=1S/C7H12ClN/c8-7-3-1-2-6(7)4-9-5-7/h6,9H,1-5H2/t6?,7-/m0/s1. The van der Waals surface area contributed by atoms with Gasteiger partial charge < -0.3 is 5.32 Å². The Balaban J connectivity index is 2.17. The van der Waals surface area contributed by atoms with Gasteiger partial charge in [-0.2, -0.15) is 0 Å². The average Bonchev–Trinajstić information content (AvgIpc) is 2.22. The van der Waals surface area contributed by atoms with Crippen LogP contribution in [0.3, 0.4) is 0 Å². The molecule has 2 atom stereocenters. The third kappa shape index (κ3) is 0.786. The van der Waals surface area contributed by atoms with Crippen molar-refractivity contribution >= 4 is 11.6 Å². The second-order valence-electron chi connectivity index (χ2n) is 3.25. The van der Waals surface area contributed by atoms with Gasteiger partial charge in [0.1, 0.15) is 0 Å². The molecule has 0 radical (unpaired) electrons. The zero-order valence-electron chi connectivity index (χ0n) is 5.49. The molecule has 2 aliphatic rings. The third-order valence-electron chi connectivity index (χ3n) is 2.69. The Morgan fingerprint density at radius 1 is 1.56 bits per heavy atom. The second kappa shape index (κ2) is 1.86. The molecule has 0 amide bonds. The van der Waals surface area contributed by atoms with Crippen LogP contribution in [0.15, 0.2) is 0 Å². The first-order valence-corrected chi connectivity index (χ1v) is 4.09. The number of fused-ring (bicyclic) bond motifs is 1. The molecule has 2 fully saturated rings. The van der Waals surface area contributed by atoms with Gasteiger partial charge >= 0.3 is 0 Å². The monoisotopic (exact) mass is 145 g/mol. The highest BCUT2D eigenvalue weighted by molar-refractivity contribution is 6.24. The van der Waals surface area contributed by atoms with Crippen molar-refractivity contribution in [2.45, 2.75) is 24.1 Å². The topological polar surface area (TPSA) is 12.0 Å². The molecule has 1 saturated heterocycles. The van der Waals surface area contributed by atoms with E-state index < -0.39 is 0 Å². The largest absolute Gasteiger partial charge is 0.315 e. The zero-order valence-corrected chi connectivity index (χ0v) is 6.25. The predicted octanol–water partition coefficient (Wildman–Crippen LogP) is 1.37. The first-order chi connectivity index (χ1) is 4.31. The summed E-state index contributed by atoms with van der Waals surface area (Å²) >= 11 is 6.31. The molecule has 1 unspecified atom stereocenters. The molecule has 0 bridgehead atoms. The fraction of sp³-hybridized carbons (Fsp3) is 1.00. The van der Waals surface area contributed by atoms with Crippen LogP contribution in [0.25, 0.3) is 0 Å². The van der Waals surface area contributed by atoms with E-state index >= 15 is 0 Å². The minimum atomic E-state index is 0.167. The van der Waals surface area contributed by atoms with Crippen LogP contribution in [0.4, 0.5) is 0 Å². The molecule has 2 rings (SSSR count). The minimum absolute atomic E-state index is 0.167. The van der Waals surface area contributed by atoms with Crippen LogP contribution >= 0.6 is 11.6 Å². The molecule has 1 N–H and O–H groups in total. The highest BCUT2D eigenvalue weighted by Gasteiger charge is 2.44. The van der Waals surface area contributed by atoms with Crippen molar-refractivity contribution in [1.82, 2.24) is 5.32 Å². The van der Waals surface area contributed by atoms with Gasteiger partial charge in [-0.1, -0.05) is 6.42 Å². The minimum Gasteiger partial charge on any atom is -0.315 e. The van der Waals surface area contributed by atoms with Crippen molar-refractivity contribution in [3.05, 3.63) is 0 Å². The molecule has 1 saturated carbocycles. The van der Waals surface area contributed by atoms with E-state index in [0.717, 1.165) is 19.0 Å². The van der Waals surface area contributed by atoms with Crippen LogP contribution in [0.1, 0.15) is 19.3 Å². The fourth-order valence-corrected chi connectivity index (χ4v) is 2.49. The smallest absolute Gasteiger partial charge is 0.0610 e. The van der Waals surface area contributed by atoms with Crippen LogP contribution < -0.4 is 5.32 Å². The lowest BCUT2D eigenvalue weighted by atomic mass is 10.00. The molecule has 1 nitrogen and oxygen atoms in total. The summed E-state index contributed by atoms with van der Waals surface area (Å²) in [6, 6.07) is 0. The van der Waals surface area contributed by atoms with E-state index in [1.54, 1.807) is 0 Å². The Morgan fingerprint density at radius 2 is 2.44 bits per heavy atom. The Hall–Kier alpha value is 0.250. The highest BCUT2D eigenvalue weighted by atomic mass is 35.5. The first kappa shape index (κ1) is 5.99. The number of rotatable bonds is 0. The van der Waals surface area contributed by atoms with Gasteiger partial charge in [0.15, 0.2) is 0 Å². The van der Waals surface area contributed by atoms with E-state index in [1.165, 1.54) is 19.3 Å².